The summed E-state index contributed by atoms with van der Waals surface area (Å²) in [6.45, 7) is 1.38. The van der Waals surface area contributed by atoms with Crippen LogP contribution in [0.5, 0.6) is 11.5 Å². The molecule has 4 bridgehead atoms. The lowest BCUT2D eigenvalue weighted by molar-refractivity contribution is -0.161. The number of hydrogen-bond acceptors (Lipinski definition) is 5. The molecule has 1 aromatic carbocycles. The first-order chi connectivity index (χ1) is 18.5. The second kappa shape index (κ2) is 10.6. The van der Waals surface area contributed by atoms with Crippen molar-refractivity contribution in [1.82, 2.24) is 9.80 Å². The number of benzene rings is 1. The summed E-state index contributed by atoms with van der Waals surface area (Å²) in [6.07, 6.45) is 9.88. The molecule has 204 valence electrons. The molecule has 0 spiro atoms. The topological polar surface area (TPSA) is 59.1 Å². The van der Waals surface area contributed by atoms with E-state index in [0.29, 0.717) is 36.9 Å². The first-order valence-electron chi connectivity index (χ1n) is 14.3. The van der Waals surface area contributed by atoms with Gasteiger partial charge < -0.3 is 19.3 Å². The van der Waals surface area contributed by atoms with Crippen LogP contribution in [0.15, 0.2) is 35.7 Å². The molecule has 2 amide bonds. The van der Waals surface area contributed by atoms with Crippen molar-refractivity contribution in [2.75, 3.05) is 27.3 Å². The molecule has 1 aromatic heterocycles. The van der Waals surface area contributed by atoms with E-state index in [0.717, 1.165) is 60.3 Å². The fourth-order valence-corrected chi connectivity index (χ4v) is 8.58. The van der Waals surface area contributed by atoms with Crippen molar-refractivity contribution >= 4 is 23.2 Å². The van der Waals surface area contributed by atoms with E-state index in [2.05, 4.69) is 11.4 Å². The van der Waals surface area contributed by atoms with Crippen LogP contribution in [0.25, 0.3) is 0 Å². The number of thiophene rings is 1. The molecule has 5 aliphatic carbocycles. The summed E-state index contributed by atoms with van der Waals surface area (Å²) in [6, 6.07) is 10.3. The fraction of sp³-hybridized carbons (Fsp3) is 0.613. The van der Waals surface area contributed by atoms with E-state index < -0.39 is 0 Å². The highest BCUT2D eigenvalue weighted by Crippen LogP contribution is 2.61. The van der Waals surface area contributed by atoms with E-state index >= 15 is 0 Å². The number of nitrogens with zero attached hydrogens (tertiary/aromatic N) is 2. The summed E-state index contributed by atoms with van der Waals surface area (Å²) in [5.41, 5.74) is 0.894. The van der Waals surface area contributed by atoms with Crippen LogP contribution in [0.4, 0.5) is 0 Å². The minimum Gasteiger partial charge on any atom is -0.493 e. The number of carbonyl (C=O) groups excluding carboxylic acids is 2. The lowest BCUT2D eigenvalue weighted by atomic mass is 9.49. The molecular weight excluding hydrogens is 496 g/mol. The lowest BCUT2D eigenvalue weighted by Gasteiger charge is -2.56. The maximum atomic E-state index is 14.2. The van der Waals surface area contributed by atoms with Gasteiger partial charge in [-0.15, -0.1) is 11.3 Å². The van der Waals surface area contributed by atoms with Gasteiger partial charge in [0.1, 0.15) is 6.54 Å². The van der Waals surface area contributed by atoms with Crippen LogP contribution in [0.3, 0.4) is 0 Å². The third-order valence-electron chi connectivity index (χ3n) is 9.44. The molecule has 1 heterocycles. The quantitative estimate of drug-likeness (QED) is 0.378. The normalized spacial score (nSPS) is 27.3. The Morgan fingerprint density at radius 3 is 2.24 bits per heavy atom. The van der Waals surface area contributed by atoms with E-state index in [9.17, 15) is 9.59 Å². The molecule has 5 saturated carbocycles. The highest BCUT2D eigenvalue weighted by atomic mass is 32.1. The van der Waals surface area contributed by atoms with Gasteiger partial charge in [-0.1, -0.05) is 12.1 Å². The molecule has 2 aromatic rings. The molecule has 0 saturated heterocycles. The molecule has 0 unspecified atom stereocenters. The molecule has 6 nitrogen and oxygen atoms in total. The Kier molecular flexibility index (Phi) is 7.14. The zero-order valence-corrected chi connectivity index (χ0v) is 23.5. The summed E-state index contributed by atoms with van der Waals surface area (Å²) >= 11 is 1.67. The monoisotopic (exact) mass is 536 g/mol. The van der Waals surface area contributed by atoms with E-state index in [1.165, 1.54) is 19.3 Å². The first-order valence-corrected chi connectivity index (χ1v) is 15.2. The molecule has 5 aliphatic rings. The van der Waals surface area contributed by atoms with Crippen molar-refractivity contribution in [3.05, 3.63) is 46.2 Å². The molecule has 38 heavy (non-hydrogen) atoms. The molecule has 0 N–H and O–H groups in total. The SMILES string of the molecule is COc1ccc(CCN(Cc2cccs2)C(=O)CN(C(=O)C23CC4CC(CC(C4)C2)C3)C2CC2)cc1OC. The molecular formula is C31H40N2O4S. The smallest absolute Gasteiger partial charge is 0.242 e. The highest BCUT2D eigenvalue weighted by molar-refractivity contribution is 7.09. The Morgan fingerprint density at radius 1 is 0.974 bits per heavy atom. The summed E-state index contributed by atoms with van der Waals surface area (Å²) in [5, 5.41) is 2.05. The van der Waals surface area contributed by atoms with Crippen molar-refractivity contribution in [1.29, 1.82) is 0 Å². The molecule has 7 heteroatoms. The Balaban J connectivity index is 1.18. The molecule has 5 fully saturated rings. The average Bonchev–Trinajstić information content (AvgIpc) is 3.63. The Bertz CT molecular complexity index is 1120. The van der Waals surface area contributed by atoms with Crippen molar-refractivity contribution in [3.63, 3.8) is 0 Å². The van der Waals surface area contributed by atoms with Gasteiger partial charge in [0.05, 0.1) is 26.2 Å². The number of ether oxygens (including phenoxy) is 2. The van der Waals surface area contributed by atoms with Crippen LogP contribution < -0.4 is 9.47 Å². The third kappa shape index (κ3) is 5.18. The second-order valence-corrected chi connectivity index (χ2v) is 13.2. The first kappa shape index (κ1) is 25.7. The van der Waals surface area contributed by atoms with Crippen LogP contribution in [0, 0.1) is 23.2 Å². The minimum atomic E-state index is -0.199. The maximum Gasteiger partial charge on any atom is 0.242 e. The molecule has 0 radical (unpaired) electrons. The number of methoxy groups -OCH3 is 2. The van der Waals surface area contributed by atoms with Crippen molar-refractivity contribution in [3.8, 4) is 11.5 Å². The van der Waals surface area contributed by atoms with E-state index in [1.54, 1.807) is 25.6 Å². The van der Waals surface area contributed by atoms with Gasteiger partial charge in [0, 0.05) is 17.5 Å². The van der Waals surface area contributed by atoms with Gasteiger partial charge in [-0.05, 0) is 105 Å². The van der Waals surface area contributed by atoms with E-state index in [-0.39, 0.29) is 23.9 Å². The van der Waals surface area contributed by atoms with Gasteiger partial charge >= 0.3 is 0 Å². The van der Waals surface area contributed by atoms with Gasteiger partial charge in [0.25, 0.3) is 0 Å². The zero-order chi connectivity index (χ0) is 26.3. The number of rotatable bonds is 11. The highest BCUT2D eigenvalue weighted by Gasteiger charge is 2.56. The average molecular weight is 537 g/mol. The third-order valence-corrected chi connectivity index (χ3v) is 10.3. The van der Waals surface area contributed by atoms with Gasteiger partial charge in [0.2, 0.25) is 11.8 Å². The van der Waals surface area contributed by atoms with E-state index in [1.807, 2.05) is 34.1 Å². The van der Waals surface area contributed by atoms with Crippen LogP contribution in [-0.2, 0) is 22.6 Å². The Morgan fingerprint density at radius 2 is 1.66 bits per heavy atom. The maximum absolute atomic E-state index is 14.2. The Hall–Kier alpha value is -2.54. The van der Waals surface area contributed by atoms with Crippen molar-refractivity contribution in [2.45, 2.75) is 70.4 Å². The second-order valence-electron chi connectivity index (χ2n) is 12.2. The molecule has 0 aliphatic heterocycles. The summed E-state index contributed by atoms with van der Waals surface area (Å²) < 4.78 is 10.9. The summed E-state index contributed by atoms with van der Waals surface area (Å²) in [7, 11) is 3.27. The summed E-state index contributed by atoms with van der Waals surface area (Å²) in [5.74, 6) is 3.91. The van der Waals surface area contributed by atoms with Gasteiger partial charge in [-0.3, -0.25) is 9.59 Å². The summed E-state index contributed by atoms with van der Waals surface area (Å²) in [4.78, 5) is 33.2. The van der Waals surface area contributed by atoms with Gasteiger partial charge in [-0.25, -0.2) is 0 Å². The van der Waals surface area contributed by atoms with Crippen LogP contribution in [-0.4, -0.2) is 55.0 Å². The number of carbonyl (C=O) groups is 2. The largest absolute Gasteiger partial charge is 0.493 e. The van der Waals surface area contributed by atoms with Crippen molar-refractivity contribution < 1.29 is 19.1 Å². The van der Waals surface area contributed by atoms with Crippen molar-refractivity contribution in [2.24, 2.45) is 23.2 Å². The fourth-order valence-electron chi connectivity index (χ4n) is 7.86. The number of hydrogen-bond donors (Lipinski definition) is 0. The molecule has 0 atom stereocenters. The van der Waals surface area contributed by atoms with Crippen LogP contribution in [0.1, 0.15) is 61.8 Å². The van der Waals surface area contributed by atoms with Gasteiger partial charge in [-0.2, -0.15) is 0 Å². The predicted molar refractivity (Wildman–Crippen MR) is 148 cm³/mol. The molecule has 7 rings (SSSR count). The van der Waals surface area contributed by atoms with Crippen LogP contribution in [0.2, 0.25) is 0 Å². The number of amides is 2. The Labute approximate surface area is 230 Å². The standard InChI is InChI=1S/C31H40N2O4S/c1-36-27-8-5-21(15-28(27)37-2)9-10-32(19-26-4-3-11-38-26)29(34)20-33(25-6-7-25)30(35)31-16-22-12-23(17-31)14-24(13-22)18-31/h3-5,8,11,15,22-25H,6-7,9-10,12-14,16-20H2,1-2H3. The van der Waals surface area contributed by atoms with E-state index in [4.69, 9.17) is 9.47 Å². The predicted octanol–water partition coefficient (Wildman–Crippen LogP) is 5.54. The van der Waals surface area contributed by atoms with Crippen LogP contribution >= 0.6 is 11.3 Å². The lowest BCUT2D eigenvalue weighted by Crippen LogP contribution is -2.56. The minimum absolute atomic E-state index is 0.0591. The zero-order valence-electron chi connectivity index (χ0n) is 22.7. The van der Waals surface area contributed by atoms with Gasteiger partial charge in [0.15, 0.2) is 11.5 Å².